The van der Waals surface area contributed by atoms with Gasteiger partial charge in [-0.2, -0.15) is 0 Å². The zero-order valence-corrected chi connectivity index (χ0v) is 18.8. The second-order valence-electron chi connectivity index (χ2n) is 10.0. The van der Waals surface area contributed by atoms with E-state index in [1.807, 2.05) is 13.8 Å². The van der Waals surface area contributed by atoms with Crippen LogP contribution >= 0.6 is 0 Å². The smallest absolute Gasteiger partial charge is 0.138 e. The molecule has 1 fully saturated rings. The summed E-state index contributed by atoms with van der Waals surface area (Å²) in [6.07, 6.45) is 0. The van der Waals surface area contributed by atoms with Gasteiger partial charge in [0.05, 0.1) is 11.4 Å². The van der Waals surface area contributed by atoms with Crippen molar-refractivity contribution in [2.24, 2.45) is 0 Å². The van der Waals surface area contributed by atoms with Crippen LogP contribution in [0.3, 0.4) is 0 Å². The third-order valence-corrected chi connectivity index (χ3v) is 5.41. The van der Waals surface area contributed by atoms with E-state index in [1.165, 1.54) is 5.56 Å². The fourth-order valence-electron chi connectivity index (χ4n) is 3.40. The van der Waals surface area contributed by atoms with E-state index >= 15 is 0 Å². The van der Waals surface area contributed by atoms with Crippen molar-refractivity contribution in [2.75, 3.05) is 31.1 Å². The van der Waals surface area contributed by atoms with Gasteiger partial charge >= 0.3 is 0 Å². The summed E-state index contributed by atoms with van der Waals surface area (Å²) in [5.41, 5.74) is 3.27. The van der Waals surface area contributed by atoms with E-state index < -0.39 is 0 Å². The Morgan fingerprint density at radius 2 is 1.57 bits per heavy atom. The average Bonchev–Trinajstić information content (AvgIpc) is 2.92. The molecule has 0 aromatic carbocycles. The maximum absolute atomic E-state index is 5.31. The normalized spacial score (nSPS) is 16.6. The molecule has 0 saturated carbocycles. The number of aromatic nitrogens is 3. The SMILES string of the molecule is Cc1noc(C)c1CN1CCN(c2cc(C(C)(C)C)nc(C(C)(C)C)n2)CC1. The van der Waals surface area contributed by atoms with Crippen molar-refractivity contribution in [1.82, 2.24) is 20.0 Å². The van der Waals surface area contributed by atoms with Gasteiger partial charge in [0.2, 0.25) is 0 Å². The highest BCUT2D eigenvalue weighted by Crippen LogP contribution is 2.28. The van der Waals surface area contributed by atoms with Crippen LogP contribution in [-0.2, 0) is 17.4 Å². The van der Waals surface area contributed by atoms with Crippen LogP contribution in [0.25, 0.3) is 0 Å². The van der Waals surface area contributed by atoms with Gasteiger partial charge < -0.3 is 9.42 Å². The zero-order chi connectivity index (χ0) is 20.7. The lowest BCUT2D eigenvalue weighted by molar-refractivity contribution is 0.247. The molecule has 0 N–H and O–H groups in total. The molecule has 0 bridgehead atoms. The quantitative estimate of drug-likeness (QED) is 0.796. The highest BCUT2D eigenvalue weighted by molar-refractivity contribution is 5.43. The molecule has 1 saturated heterocycles. The standard InChI is InChI=1S/C22H35N5O/c1-15-17(16(2)28-25-15)14-26-9-11-27(12-10-26)19-13-18(21(3,4)5)23-20(24-19)22(6,7)8/h13H,9-12,14H2,1-8H3. The van der Waals surface area contributed by atoms with Gasteiger partial charge in [-0.1, -0.05) is 46.7 Å². The maximum Gasteiger partial charge on any atom is 0.138 e. The van der Waals surface area contributed by atoms with Gasteiger partial charge in [-0.3, -0.25) is 4.90 Å². The molecule has 1 aliphatic rings. The monoisotopic (exact) mass is 385 g/mol. The van der Waals surface area contributed by atoms with Gasteiger partial charge in [-0.15, -0.1) is 0 Å². The summed E-state index contributed by atoms with van der Waals surface area (Å²) >= 11 is 0. The predicted octanol–water partition coefficient (Wildman–Crippen LogP) is 4.00. The Bertz CT molecular complexity index is 769. The van der Waals surface area contributed by atoms with E-state index in [-0.39, 0.29) is 10.8 Å². The first kappa shape index (κ1) is 20.8. The third kappa shape index (κ3) is 4.54. The van der Waals surface area contributed by atoms with Gasteiger partial charge in [-0.25, -0.2) is 9.97 Å². The Hall–Kier alpha value is -1.95. The van der Waals surface area contributed by atoms with Crippen LogP contribution in [0, 0.1) is 13.8 Å². The summed E-state index contributed by atoms with van der Waals surface area (Å²) < 4.78 is 5.31. The van der Waals surface area contributed by atoms with Crippen LogP contribution in [0.1, 0.15) is 70.1 Å². The Morgan fingerprint density at radius 3 is 2.07 bits per heavy atom. The molecule has 154 valence electrons. The molecule has 6 nitrogen and oxygen atoms in total. The first-order valence-electron chi connectivity index (χ1n) is 10.2. The van der Waals surface area contributed by atoms with Crippen LogP contribution in [0.5, 0.6) is 0 Å². The molecule has 0 amide bonds. The predicted molar refractivity (Wildman–Crippen MR) is 113 cm³/mol. The van der Waals surface area contributed by atoms with Crippen LogP contribution < -0.4 is 4.90 Å². The molecule has 0 unspecified atom stereocenters. The third-order valence-electron chi connectivity index (χ3n) is 5.41. The number of anilines is 1. The highest BCUT2D eigenvalue weighted by Gasteiger charge is 2.27. The summed E-state index contributed by atoms with van der Waals surface area (Å²) in [6.45, 7) is 22.0. The lowest BCUT2D eigenvalue weighted by atomic mass is 9.90. The summed E-state index contributed by atoms with van der Waals surface area (Å²) in [5, 5.41) is 4.08. The van der Waals surface area contributed by atoms with Gasteiger partial charge in [-0.05, 0) is 13.8 Å². The molecule has 3 rings (SSSR count). The molecular weight excluding hydrogens is 350 g/mol. The summed E-state index contributed by atoms with van der Waals surface area (Å²) in [6, 6.07) is 2.18. The van der Waals surface area contributed by atoms with Gasteiger partial charge in [0.15, 0.2) is 0 Å². The van der Waals surface area contributed by atoms with E-state index in [0.717, 1.165) is 61.5 Å². The van der Waals surface area contributed by atoms with E-state index in [0.29, 0.717) is 0 Å². The van der Waals surface area contributed by atoms with Gasteiger partial charge in [0.25, 0.3) is 0 Å². The summed E-state index contributed by atoms with van der Waals surface area (Å²) in [5.74, 6) is 2.91. The largest absolute Gasteiger partial charge is 0.361 e. The number of piperazine rings is 1. The number of rotatable bonds is 3. The number of hydrogen-bond acceptors (Lipinski definition) is 6. The average molecular weight is 386 g/mol. The Morgan fingerprint density at radius 1 is 0.929 bits per heavy atom. The van der Waals surface area contributed by atoms with Crippen LogP contribution in [0.15, 0.2) is 10.6 Å². The Labute approximate surface area is 169 Å². The molecule has 0 aliphatic carbocycles. The minimum absolute atomic E-state index is 0.00283. The van der Waals surface area contributed by atoms with Crippen molar-refractivity contribution in [3.63, 3.8) is 0 Å². The van der Waals surface area contributed by atoms with E-state index in [9.17, 15) is 0 Å². The fourth-order valence-corrected chi connectivity index (χ4v) is 3.40. The zero-order valence-electron chi connectivity index (χ0n) is 18.8. The molecule has 2 aromatic rings. The van der Waals surface area contributed by atoms with Crippen LogP contribution in [0.4, 0.5) is 5.82 Å². The van der Waals surface area contributed by atoms with Gasteiger partial charge in [0, 0.05) is 55.2 Å². The second kappa shape index (κ2) is 7.47. The van der Waals surface area contributed by atoms with Crippen molar-refractivity contribution in [3.05, 3.63) is 34.6 Å². The maximum atomic E-state index is 5.31. The highest BCUT2D eigenvalue weighted by atomic mass is 16.5. The van der Waals surface area contributed by atoms with Crippen molar-refractivity contribution in [1.29, 1.82) is 0 Å². The second-order valence-corrected chi connectivity index (χ2v) is 10.0. The molecular formula is C22H35N5O. The van der Waals surface area contributed by atoms with Crippen molar-refractivity contribution in [2.45, 2.75) is 72.8 Å². The van der Waals surface area contributed by atoms with Crippen LogP contribution in [-0.4, -0.2) is 46.2 Å². The van der Waals surface area contributed by atoms with E-state index in [4.69, 9.17) is 14.5 Å². The lowest BCUT2D eigenvalue weighted by Crippen LogP contribution is -2.46. The number of hydrogen-bond donors (Lipinski definition) is 0. The van der Waals surface area contributed by atoms with Gasteiger partial charge in [0.1, 0.15) is 17.4 Å². The molecule has 0 atom stereocenters. The Kier molecular flexibility index (Phi) is 5.54. The van der Waals surface area contributed by atoms with Crippen molar-refractivity contribution in [3.8, 4) is 0 Å². The minimum Gasteiger partial charge on any atom is -0.361 e. The topological polar surface area (TPSA) is 58.3 Å². The lowest BCUT2D eigenvalue weighted by Gasteiger charge is -2.36. The minimum atomic E-state index is -0.0683. The molecule has 6 heteroatoms. The Balaban J connectivity index is 1.76. The molecule has 1 aliphatic heterocycles. The number of aryl methyl sites for hydroxylation is 2. The summed E-state index contributed by atoms with van der Waals surface area (Å²) in [4.78, 5) is 14.7. The number of nitrogens with zero attached hydrogens (tertiary/aromatic N) is 5. The molecule has 0 radical (unpaired) electrons. The van der Waals surface area contributed by atoms with Crippen LogP contribution in [0.2, 0.25) is 0 Å². The van der Waals surface area contributed by atoms with Crippen molar-refractivity contribution < 1.29 is 4.52 Å². The first-order chi connectivity index (χ1) is 12.9. The summed E-state index contributed by atoms with van der Waals surface area (Å²) in [7, 11) is 0. The molecule has 0 spiro atoms. The fraction of sp³-hybridized carbons (Fsp3) is 0.682. The molecule has 28 heavy (non-hydrogen) atoms. The molecule has 2 aromatic heterocycles. The van der Waals surface area contributed by atoms with E-state index in [1.54, 1.807) is 0 Å². The van der Waals surface area contributed by atoms with E-state index in [2.05, 4.69) is 62.6 Å². The molecule has 3 heterocycles. The van der Waals surface area contributed by atoms with Crippen molar-refractivity contribution >= 4 is 5.82 Å². The first-order valence-corrected chi connectivity index (χ1v) is 10.2.